The largest absolute Gasteiger partial charge is 0.276 e. The molecular formula is C19H16N4O2S. The average molecular weight is 364 g/mol. The standard InChI is InChI=1S/C19H16N4O2S/c1-12-7-8-16(13(2)9-12)22-10-20-21-19(22)26-11-23-17(24)14-5-3-4-6-15(14)18(23)25/h3-10H,11H2,1-2H3. The highest BCUT2D eigenvalue weighted by atomic mass is 32.2. The van der Waals surface area contributed by atoms with Crippen molar-refractivity contribution in [2.75, 3.05) is 5.88 Å². The number of carbonyl (C=O) groups excluding carboxylic acids is 2. The van der Waals surface area contributed by atoms with Gasteiger partial charge >= 0.3 is 0 Å². The van der Waals surface area contributed by atoms with E-state index >= 15 is 0 Å². The van der Waals surface area contributed by atoms with Gasteiger partial charge in [-0.15, -0.1) is 10.2 Å². The van der Waals surface area contributed by atoms with Crippen molar-refractivity contribution in [1.82, 2.24) is 19.7 Å². The molecular weight excluding hydrogens is 348 g/mol. The molecule has 1 aliphatic heterocycles. The molecule has 0 bridgehead atoms. The zero-order chi connectivity index (χ0) is 18.3. The van der Waals surface area contributed by atoms with Gasteiger partial charge in [0.05, 0.1) is 22.7 Å². The molecule has 1 aliphatic rings. The highest BCUT2D eigenvalue weighted by molar-refractivity contribution is 7.99. The molecule has 0 spiro atoms. The lowest BCUT2D eigenvalue weighted by Crippen LogP contribution is -2.29. The Balaban J connectivity index is 1.56. The third-order valence-corrected chi connectivity index (χ3v) is 5.25. The Kier molecular flexibility index (Phi) is 4.08. The number of hydrogen-bond acceptors (Lipinski definition) is 5. The second-order valence-electron chi connectivity index (χ2n) is 6.13. The minimum atomic E-state index is -0.268. The zero-order valence-electron chi connectivity index (χ0n) is 14.3. The van der Waals surface area contributed by atoms with E-state index in [2.05, 4.69) is 16.3 Å². The molecule has 0 saturated heterocycles. The number of nitrogens with zero attached hydrogens (tertiary/aromatic N) is 4. The van der Waals surface area contributed by atoms with Gasteiger partial charge in [-0.25, -0.2) is 0 Å². The van der Waals surface area contributed by atoms with Crippen molar-refractivity contribution in [3.63, 3.8) is 0 Å². The summed E-state index contributed by atoms with van der Waals surface area (Å²) < 4.78 is 1.87. The number of rotatable bonds is 4. The highest BCUT2D eigenvalue weighted by Gasteiger charge is 2.35. The summed E-state index contributed by atoms with van der Waals surface area (Å²) in [6.07, 6.45) is 1.64. The summed E-state index contributed by atoms with van der Waals surface area (Å²) >= 11 is 1.31. The highest BCUT2D eigenvalue weighted by Crippen LogP contribution is 2.28. The van der Waals surface area contributed by atoms with Gasteiger partial charge in [-0.3, -0.25) is 19.1 Å². The second-order valence-corrected chi connectivity index (χ2v) is 7.04. The first-order chi connectivity index (χ1) is 12.6. The molecule has 2 heterocycles. The van der Waals surface area contributed by atoms with Gasteiger partial charge in [0, 0.05) is 0 Å². The van der Waals surface area contributed by atoms with Gasteiger partial charge in [-0.1, -0.05) is 41.6 Å². The molecule has 0 fully saturated rings. The molecule has 2 aromatic carbocycles. The number of thioether (sulfide) groups is 1. The molecule has 4 rings (SSSR count). The van der Waals surface area contributed by atoms with Gasteiger partial charge in [0.15, 0.2) is 5.16 Å². The molecule has 6 nitrogen and oxygen atoms in total. The topological polar surface area (TPSA) is 68.1 Å². The molecule has 130 valence electrons. The number of aryl methyl sites for hydroxylation is 2. The lowest BCUT2D eigenvalue weighted by Gasteiger charge is -2.14. The molecule has 0 radical (unpaired) electrons. The maximum absolute atomic E-state index is 12.5. The van der Waals surface area contributed by atoms with Crippen LogP contribution in [0, 0.1) is 13.8 Å². The van der Waals surface area contributed by atoms with Crippen LogP contribution < -0.4 is 0 Å². The molecule has 0 aliphatic carbocycles. The van der Waals surface area contributed by atoms with E-state index < -0.39 is 0 Å². The Morgan fingerprint density at radius 3 is 2.35 bits per heavy atom. The third-order valence-electron chi connectivity index (χ3n) is 4.33. The van der Waals surface area contributed by atoms with E-state index in [1.807, 2.05) is 30.5 Å². The fourth-order valence-corrected chi connectivity index (χ4v) is 3.91. The van der Waals surface area contributed by atoms with Crippen LogP contribution in [0.3, 0.4) is 0 Å². The first kappa shape index (κ1) is 16.5. The van der Waals surface area contributed by atoms with Gasteiger partial charge in [0.2, 0.25) is 0 Å². The van der Waals surface area contributed by atoms with E-state index in [-0.39, 0.29) is 17.7 Å². The van der Waals surface area contributed by atoms with E-state index in [1.54, 1.807) is 30.6 Å². The Morgan fingerprint density at radius 1 is 1.00 bits per heavy atom. The summed E-state index contributed by atoms with van der Waals surface area (Å²) in [6.45, 7) is 4.07. The molecule has 0 atom stereocenters. The van der Waals surface area contributed by atoms with E-state index in [0.717, 1.165) is 11.3 Å². The summed E-state index contributed by atoms with van der Waals surface area (Å²) in [5, 5.41) is 8.76. The van der Waals surface area contributed by atoms with E-state index in [9.17, 15) is 9.59 Å². The number of fused-ring (bicyclic) bond motifs is 1. The van der Waals surface area contributed by atoms with Crippen LogP contribution in [0.25, 0.3) is 5.69 Å². The van der Waals surface area contributed by atoms with Crippen LogP contribution >= 0.6 is 11.8 Å². The maximum Gasteiger partial charge on any atom is 0.262 e. The van der Waals surface area contributed by atoms with Crippen LogP contribution in [0.5, 0.6) is 0 Å². The van der Waals surface area contributed by atoms with Crippen LogP contribution in [-0.2, 0) is 0 Å². The Labute approximate surface area is 154 Å². The first-order valence-electron chi connectivity index (χ1n) is 8.12. The van der Waals surface area contributed by atoms with E-state index in [4.69, 9.17) is 0 Å². The SMILES string of the molecule is Cc1ccc(-n2cnnc2SCN2C(=O)c3ccccc3C2=O)c(C)c1. The summed E-state index contributed by atoms with van der Waals surface area (Å²) in [5.74, 6) is -0.345. The summed E-state index contributed by atoms with van der Waals surface area (Å²) in [5.41, 5.74) is 4.17. The van der Waals surface area contributed by atoms with Gasteiger partial charge in [0.25, 0.3) is 11.8 Å². The lowest BCUT2D eigenvalue weighted by atomic mass is 10.1. The predicted molar refractivity (Wildman–Crippen MR) is 98.5 cm³/mol. The predicted octanol–water partition coefficient (Wildman–Crippen LogP) is 3.23. The molecule has 7 heteroatoms. The van der Waals surface area contributed by atoms with Crippen molar-refractivity contribution in [3.05, 3.63) is 71.0 Å². The number of amides is 2. The van der Waals surface area contributed by atoms with Crippen molar-refractivity contribution in [2.45, 2.75) is 19.0 Å². The average Bonchev–Trinajstić information content (AvgIpc) is 3.18. The van der Waals surface area contributed by atoms with Crippen molar-refractivity contribution >= 4 is 23.6 Å². The minimum Gasteiger partial charge on any atom is -0.276 e. The Hall–Kier alpha value is -2.93. The van der Waals surface area contributed by atoms with Crippen LogP contribution in [0.15, 0.2) is 53.9 Å². The third kappa shape index (κ3) is 2.70. The summed E-state index contributed by atoms with van der Waals surface area (Å²) in [7, 11) is 0. The van der Waals surface area contributed by atoms with Gasteiger partial charge < -0.3 is 0 Å². The maximum atomic E-state index is 12.5. The fourth-order valence-electron chi connectivity index (χ4n) is 3.04. The number of benzene rings is 2. The second kappa shape index (κ2) is 6.42. The van der Waals surface area contributed by atoms with Crippen LogP contribution in [-0.4, -0.2) is 37.4 Å². The molecule has 26 heavy (non-hydrogen) atoms. The van der Waals surface area contributed by atoms with Crippen molar-refractivity contribution in [2.24, 2.45) is 0 Å². The van der Waals surface area contributed by atoms with E-state index in [1.165, 1.54) is 22.2 Å². The van der Waals surface area contributed by atoms with Crippen LogP contribution in [0.1, 0.15) is 31.8 Å². The van der Waals surface area contributed by atoms with Gasteiger partial charge in [0.1, 0.15) is 6.33 Å². The van der Waals surface area contributed by atoms with Crippen molar-refractivity contribution < 1.29 is 9.59 Å². The van der Waals surface area contributed by atoms with E-state index in [0.29, 0.717) is 16.3 Å². The van der Waals surface area contributed by atoms with Crippen LogP contribution in [0.4, 0.5) is 0 Å². The Morgan fingerprint density at radius 2 is 1.69 bits per heavy atom. The molecule has 1 aromatic heterocycles. The van der Waals surface area contributed by atoms with Crippen LogP contribution in [0.2, 0.25) is 0 Å². The summed E-state index contributed by atoms with van der Waals surface area (Å²) in [4.78, 5) is 26.2. The molecule has 0 unspecified atom stereocenters. The molecule has 0 N–H and O–H groups in total. The Bertz CT molecular complexity index is 993. The molecule has 2 amide bonds. The van der Waals surface area contributed by atoms with Crippen molar-refractivity contribution in [1.29, 1.82) is 0 Å². The summed E-state index contributed by atoms with van der Waals surface area (Å²) in [6, 6.07) is 13.0. The quantitative estimate of drug-likeness (QED) is 0.525. The number of imide groups is 1. The van der Waals surface area contributed by atoms with Crippen molar-refractivity contribution in [3.8, 4) is 5.69 Å². The lowest BCUT2D eigenvalue weighted by molar-refractivity contribution is 0.0684. The first-order valence-corrected chi connectivity index (χ1v) is 9.10. The smallest absolute Gasteiger partial charge is 0.262 e. The fraction of sp³-hybridized carbons (Fsp3) is 0.158. The molecule has 3 aromatic rings. The van der Waals surface area contributed by atoms with Gasteiger partial charge in [-0.05, 0) is 37.6 Å². The monoisotopic (exact) mass is 364 g/mol. The number of aromatic nitrogens is 3. The number of hydrogen-bond donors (Lipinski definition) is 0. The zero-order valence-corrected chi connectivity index (χ0v) is 15.2. The minimum absolute atomic E-state index is 0.190. The van der Waals surface area contributed by atoms with Gasteiger partial charge in [-0.2, -0.15) is 0 Å². The molecule has 0 saturated carbocycles. The number of carbonyl (C=O) groups is 2. The normalized spacial score (nSPS) is 13.4.